The number of thiophene rings is 1. The Morgan fingerprint density at radius 3 is 1.97 bits per heavy atom. The fourth-order valence-electron chi connectivity index (χ4n) is 2.60. The van der Waals surface area contributed by atoms with E-state index < -0.39 is 10.0 Å². The average Bonchev–Trinajstić information content (AvgIpc) is 3.28. The van der Waals surface area contributed by atoms with Crippen LogP contribution >= 0.6 is 11.3 Å². The van der Waals surface area contributed by atoms with Gasteiger partial charge in [-0.3, -0.25) is 4.79 Å². The van der Waals surface area contributed by atoms with E-state index in [0.29, 0.717) is 17.9 Å². The number of carbonyl (C=O) groups is 1. The summed E-state index contributed by atoms with van der Waals surface area (Å²) < 4.78 is 37.9. The lowest BCUT2D eigenvalue weighted by atomic mass is 10.2. The number of benzene rings is 2. The molecular formula is C21H22N2O5S2. The highest BCUT2D eigenvalue weighted by atomic mass is 32.2. The molecule has 0 atom stereocenters. The van der Waals surface area contributed by atoms with Crippen molar-refractivity contribution in [2.24, 2.45) is 0 Å². The van der Waals surface area contributed by atoms with Gasteiger partial charge < -0.3 is 14.8 Å². The van der Waals surface area contributed by atoms with E-state index in [0.717, 1.165) is 28.2 Å². The first-order valence-electron chi connectivity index (χ1n) is 9.03. The molecule has 7 nitrogen and oxygen atoms in total. The maximum Gasteiger partial charge on any atom is 0.252 e. The summed E-state index contributed by atoms with van der Waals surface area (Å²) in [5.41, 5.74) is 2.01. The average molecular weight is 447 g/mol. The van der Waals surface area contributed by atoms with Gasteiger partial charge in [0.05, 0.1) is 19.8 Å². The molecule has 30 heavy (non-hydrogen) atoms. The Labute approximate surface area is 179 Å². The SMILES string of the molecule is COc1ccc(CNC(=O)c2csc(S(=O)(=O)NCc3ccc(OC)cc3)c2)cc1. The standard InChI is InChI=1S/C21H22N2O5S2/c1-27-18-7-3-15(4-8-18)12-22-21(24)17-11-20(29-14-17)30(25,26)23-13-16-5-9-19(28-2)10-6-16/h3-11,14,23H,12-13H2,1-2H3,(H,22,24). The second-order valence-corrected chi connectivity index (χ2v) is 9.26. The van der Waals surface area contributed by atoms with Crippen LogP contribution in [0.15, 0.2) is 64.2 Å². The van der Waals surface area contributed by atoms with Crippen LogP contribution in [-0.4, -0.2) is 28.5 Å². The number of amides is 1. The van der Waals surface area contributed by atoms with Crippen molar-refractivity contribution >= 4 is 27.3 Å². The van der Waals surface area contributed by atoms with Crippen LogP contribution in [0.25, 0.3) is 0 Å². The number of methoxy groups -OCH3 is 2. The Bertz CT molecular complexity index is 1090. The van der Waals surface area contributed by atoms with Gasteiger partial charge in [0, 0.05) is 18.5 Å². The number of carbonyl (C=O) groups excluding carboxylic acids is 1. The Hall–Kier alpha value is -2.88. The highest BCUT2D eigenvalue weighted by Gasteiger charge is 2.19. The molecule has 0 aliphatic rings. The number of sulfonamides is 1. The molecule has 0 unspecified atom stereocenters. The van der Waals surface area contributed by atoms with Crippen LogP contribution in [0.2, 0.25) is 0 Å². The van der Waals surface area contributed by atoms with Gasteiger partial charge in [0.1, 0.15) is 15.7 Å². The van der Waals surface area contributed by atoms with Gasteiger partial charge in [-0.25, -0.2) is 13.1 Å². The second-order valence-electron chi connectivity index (χ2n) is 6.36. The molecule has 0 saturated heterocycles. The van der Waals surface area contributed by atoms with E-state index in [1.54, 1.807) is 38.5 Å². The van der Waals surface area contributed by atoms with Gasteiger partial charge in [0.2, 0.25) is 10.0 Å². The summed E-state index contributed by atoms with van der Waals surface area (Å²) in [6.45, 7) is 0.472. The van der Waals surface area contributed by atoms with Crippen molar-refractivity contribution in [3.05, 3.63) is 76.7 Å². The summed E-state index contributed by atoms with van der Waals surface area (Å²) >= 11 is 1.00. The summed E-state index contributed by atoms with van der Waals surface area (Å²) in [6.07, 6.45) is 0. The zero-order valence-electron chi connectivity index (χ0n) is 16.5. The normalized spacial score (nSPS) is 11.1. The minimum absolute atomic E-state index is 0.0885. The van der Waals surface area contributed by atoms with Crippen LogP contribution in [0, 0.1) is 0 Å². The fourth-order valence-corrected chi connectivity index (χ4v) is 4.82. The van der Waals surface area contributed by atoms with Crippen LogP contribution in [0.5, 0.6) is 11.5 Å². The Morgan fingerprint density at radius 1 is 0.900 bits per heavy atom. The number of hydrogen-bond acceptors (Lipinski definition) is 6. The molecule has 0 aliphatic heterocycles. The van der Waals surface area contributed by atoms with E-state index in [4.69, 9.17) is 9.47 Å². The third kappa shape index (κ3) is 5.59. The van der Waals surface area contributed by atoms with Gasteiger partial charge >= 0.3 is 0 Å². The third-order valence-electron chi connectivity index (χ3n) is 4.34. The van der Waals surface area contributed by atoms with Gasteiger partial charge in [-0.1, -0.05) is 24.3 Å². The predicted molar refractivity (Wildman–Crippen MR) is 116 cm³/mol. The zero-order valence-corrected chi connectivity index (χ0v) is 18.2. The molecule has 0 fully saturated rings. The van der Waals surface area contributed by atoms with E-state index in [1.165, 1.54) is 11.4 Å². The maximum atomic E-state index is 12.5. The number of ether oxygens (including phenoxy) is 2. The van der Waals surface area contributed by atoms with Crippen molar-refractivity contribution in [3.8, 4) is 11.5 Å². The van der Waals surface area contributed by atoms with Crippen molar-refractivity contribution in [3.63, 3.8) is 0 Å². The first kappa shape index (κ1) is 21.8. The second kappa shape index (κ2) is 9.75. The molecule has 2 N–H and O–H groups in total. The Kier molecular flexibility index (Phi) is 7.09. The van der Waals surface area contributed by atoms with Crippen molar-refractivity contribution in [2.75, 3.05) is 14.2 Å². The molecule has 0 spiro atoms. The van der Waals surface area contributed by atoms with Gasteiger partial charge in [0.25, 0.3) is 5.91 Å². The van der Waals surface area contributed by atoms with Gasteiger partial charge in [-0.2, -0.15) is 0 Å². The molecule has 3 aromatic rings. The Morgan fingerprint density at radius 2 is 1.43 bits per heavy atom. The molecule has 0 radical (unpaired) electrons. The lowest BCUT2D eigenvalue weighted by Gasteiger charge is -2.06. The third-order valence-corrected chi connectivity index (χ3v) is 7.18. The van der Waals surface area contributed by atoms with Crippen LogP contribution in [0.3, 0.4) is 0 Å². The summed E-state index contributed by atoms with van der Waals surface area (Å²) in [4.78, 5) is 12.4. The first-order valence-corrected chi connectivity index (χ1v) is 11.4. The van der Waals surface area contributed by atoms with Gasteiger partial charge in [-0.05, 0) is 41.5 Å². The molecule has 0 aliphatic carbocycles. The minimum Gasteiger partial charge on any atom is -0.497 e. The van der Waals surface area contributed by atoms with Crippen LogP contribution in [0.1, 0.15) is 21.5 Å². The fraction of sp³-hybridized carbons (Fsp3) is 0.190. The number of nitrogens with one attached hydrogen (secondary N) is 2. The monoisotopic (exact) mass is 446 g/mol. The summed E-state index contributed by atoms with van der Waals surface area (Å²) in [6, 6.07) is 15.8. The molecule has 1 heterocycles. The predicted octanol–water partition coefficient (Wildman–Crippen LogP) is 3.17. The molecule has 1 aromatic heterocycles. The molecule has 0 saturated carbocycles. The number of hydrogen-bond donors (Lipinski definition) is 2. The minimum atomic E-state index is -3.72. The van der Waals surface area contributed by atoms with E-state index >= 15 is 0 Å². The van der Waals surface area contributed by atoms with Crippen LogP contribution in [0.4, 0.5) is 0 Å². The zero-order chi connectivity index (χ0) is 21.6. The van der Waals surface area contributed by atoms with Crippen molar-refractivity contribution in [2.45, 2.75) is 17.3 Å². The molecule has 158 valence electrons. The lowest BCUT2D eigenvalue weighted by Crippen LogP contribution is -2.23. The van der Waals surface area contributed by atoms with Crippen molar-refractivity contribution < 1.29 is 22.7 Å². The molecule has 2 aromatic carbocycles. The summed E-state index contributed by atoms with van der Waals surface area (Å²) in [7, 11) is -0.561. The van der Waals surface area contributed by atoms with Gasteiger partial charge in [0.15, 0.2) is 0 Å². The molecule has 1 amide bonds. The first-order chi connectivity index (χ1) is 14.4. The highest BCUT2D eigenvalue weighted by molar-refractivity contribution is 7.91. The van der Waals surface area contributed by atoms with Crippen molar-refractivity contribution in [1.82, 2.24) is 10.0 Å². The molecule has 0 bridgehead atoms. The largest absolute Gasteiger partial charge is 0.497 e. The van der Waals surface area contributed by atoms with Crippen molar-refractivity contribution in [1.29, 1.82) is 0 Å². The summed E-state index contributed by atoms with van der Waals surface area (Å²) in [5.74, 6) is 1.10. The maximum absolute atomic E-state index is 12.5. The lowest BCUT2D eigenvalue weighted by molar-refractivity contribution is 0.0951. The molecular weight excluding hydrogens is 424 g/mol. The summed E-state index contributed by atoms with van der Waals surface area (Å²) in [5, 5.41) is 4.32. The van der Waals surface area contributed by atoms with Crippen LogP contribution in [-0.2, 0) is 23.1 Å². The van der Waals surface area contributed by atoms with E-state index in [2.05, 4.69) is 10.0 Å². The number of rotatable bonds is 9. The molecule has 3 rings (SSSR count). The quantitative estimate of drug-likeness (QED) is 0.527. The Balaban J connectivity index is 1.58. The van der Waals surface area contributed by atoms with E-state index in [-0.39, 0.29) is 16.7 Å². The molecule has 9 heteroatoms. The van der Waals surface area contributed by atoms with E-state index in [9.17, 15) is 13.2 Å². The van der Waals surface area contributed by atoms with Crippen LogP contribution < -0.4 is 19.5 Å². The van der Waals surface area contributed by atoms with E-state index in [1.807, 2.05) is 24.3 Å². The highest BCUT2D eigenvalue weighted by Crippen LogP contribution is 2.21. The topological polar surface area (TPSA) is 93.7 Å². The smallest absolute Gasteiger partial charge is 0.252 e. The van der Waals surface area contributed by atoms with Gasteiger partial charge in [-0.15, -0.1) is 11.3 Å².